The van der Waals surface area contributed by atoms with Crippen molar-refractivity contribution in [2.24, 2.45) is 0 Å². The quantitative estimate of drug-likeness (QED) is 0.723. The van der Waals surface area contributed by atoms with E-state index in [1.807, 2.05) is 18.2 Å². The van der Waals surface area contributed by atoms with Crippen molar-refractivity contribution in [2.75, 3.05) is 5.32 Å². The summed E-state index contributed by atoms with van der Waals surface area (Å²) in [5.41, 5.74) is 2.14. The summed E-state index contributed by atoms with van der Waals surface area (Å²) >= 11 is 0. The molecule has 0 spiro atoms. The second-order valence-corrected chi connectivity index (χ2v) is 5.64. The van der Waals surface area contributed by atoms with Crippen molar-refractivity contribution in [3.63, 3.8) is 0 Å². The zero-order chi connectivity index (χ0) is 18.2. The lowest BCUT2D eigenvalue weighted by atomic mass is 10.2. The lowest BCUT2D eigenvalue weighted by Crippen LogP contribution is -2.12. The van der Waals surface area contributed by atoms with E-state index in [0.29, 0.717) is 35.6 Å². The number of amides is 1. The molecule has 0 saturated carbocycles. The molecular formula is C21H17N3O2. The molecule has 0 aliphatic carbocycles. The fourth-order valence-electron chi connectivity index (χ4n) is 2.38. The first-order valence-corrected chi connectivity index (χ1v) is 8.21. The number of aromatic nitrogens is 1. The van der Waals surface area contributed by atoms with Crippen LogP contribution < -0.4 is 10.1 Å². The number of pyridine rings is 1. The molecule has 0 aliphatic heterocycles. The number of nitrogens with one attached hydrogen (secondary N) is 1. The van der Waals surface area contributed by atoms with E-state index in [4.69, 9.17) is 10.00 Å². The predicted molar refractivity (Wildman–Crippen MR) is 98.9 cm³/mol. The second-order valence-electron chi connectivity index (χ2n) is 5.64. The molecule has 0 fully saturated rings. The van der Waals surface area contributed by atoms with Crippen molar-refractivity contribution in [2.45, 2.75) is 12.8 Å². The van der Waals surface area contributed by atoms with Crippen LogP contribution in [0.25, 0.3) is 0 Å². The third-order valence-electron chi connectivity index (χ3n) is 3.67. The Morgan fingerprint density at radius 3 is 2.62 bits per heavy atom. The molecule has 5 heteroatoms. The topological polar surface area (TPSA) is 75.0 Å². The monoisotopic (exact) mass is 343 g/mol. The number of nitriles is 1. The van der Waals surface area contributed by atoms with Gasteiger partial charge < -0.3 is 10.1 Å². The molecule has 5 nitrogen and oxygen atoms in total. The maximum atomic E-state index is 12.0. The average molecular weight is 343 g/mol. The SMILES string of the molecule is N#Cc1cccc(Oc2ccc(NC(=O)CCc3ccccn3)cc2)c1. The molecule has 26 heavy (non-hydrogen) atoms. The van der Waals surface area contributed by atoms with Gasteiger partial charge in [0.1, 0.15) is 11.5 Å². The molecule has 3 rings (SSSR count). The van der Waals surface area contributed by atoms with Gasteiger partial charge in [0.15, 0.2) is 0 Å². The Balaban J connectivity index is 1.54. The van der Waals surface area contributed by atoms with Gasteiger partial charge in [-0.3, -0.25) is 9.78 Å². The molecule has 2 aromatic carbocycles. The van der Waals surface area contributed by atoms with Crippen LogP contribution in [0.1, 0.15) is 17.7 Å². The number of anilines is 1. The van der Waals surface area contributed by atoms with Crippen molar-refractivity contribution in [3.8, 4) is 17.6 Å². The van der Waals surface area contributed by atoms with Gasteiger partial charge in [0.2, 0.25) is 5.91 Å². The van der Waals surface area contributed by atoms with Crippen LogP contribution in [0.3, 0.4) is 0 Å². The smallest absolute Gasteiger partial charge is 0.224 e. The summed E-state index contributed by atoms with van der Waals surface area (Å²) < 4.78 is 5.71. The standard InChI is InChI=1S/C21H17N3O2/c22-15-16-4-3-6-20(14-16)26-19-10-7-18(8-11-19)24-21(25)12-9-17-5-1-2-13-23-17/h1-8,10-11,13-14H,9,12H2,(H,24,25). The van der Waals surface area contributed by atoms with E-state index in [-0.39, 0.29) is 5.91 Å². The molecule has 0 saturated heterocycles. The largest absolute Gasteiger partial charge is 0.457 e. The van der Waals surface area contributed by atoms with Gasteiger partial charge in [-0.2, -0.15) is 5.26 Å². The minimum Gasteiger partial charge on any atom is -0.457 e. The second kappa shape index (κ2) is 8.45. The zero-order valence-corrected chi connectivity index (χ0v) is 14.1. The third-order valence-corrected chi connectivity index (χ3v) is 3.67. The fourth-order valence-corrected chi connectivity index (χ4v) is 2.38. The van der Waals surface area contributed by atoms with Crippen LogP contribution in [0.2, 0.25) is 0 Å². The predicted octanol–water partition coefficient (Wildman–Crippen LogP) is 4.32. The van der Waals surface area contributed by atoms with Crippen LogP contribution >= 0.6 is 0 Å². The summed E-state index contributed by atoms with van der Waals surface area (Å²) in [7, 11) is 0. The minimum absolute atomic E-state index is 0.0638. The highest BCUT2D eigenvalue weighted by atomic mass is 16.5. The van der Waals surface area contributed by atoms with Crippen molar-refractivity contribution >= 4 is 11.6 Å². The highest BCUT2D eigenvalue weighted by molar-refractivity contribution is 5.90. The number of hydrogen-bond acceptors (Lipinski definition) is 4. The van der Waals surface area contributed by atoms with E-state index in [1.54, 1.807) is 54.7 Å². The molecule has 3 aromatic rings. The molecule has 0 atom stereocenters. The molecule has 0 aliphatic rings. The van der Waals surface area contributed by atoms with E-state index in [1.165, 1.54) is 0 Å². The highest BCUT2D eigenvalue weighted by Gasteiger charge is 2.05. The Morgan fingerprint density at radius 2 is 1.88 bits per heavy atom. The van der Waals surface area contributed by atoms with Gasteiger partial charge in [-0.05, 0) is 61.0 Å². The Morgan fingerprint density at radius 1 is 1.04 bits per heavy atom. The molecule has 0 unspecified atom stereocenters. The first-order chi connectivity index (χ1) is 12.7. The van der Waals surface area contributed by atoms with Crippen LogP contribution in [0, 0.1) is 11.3 Å². The normalized spacial score (nSPS) is 9.96. The highest BCUT2D eigenvalue weighted by Crippen LogP contribution is 2.23. The van der Waals surface area contributed by atoms with Crippen LogP contribution in [0.4, 0.5) is 5.69 Å². The molecule has 1 N–H and O–H groups in total. The molecule has 128 valence electrons. The van der Waals surface area contributed by atoms with Gasteiger partial charge in [-0.25, -0.2) is 0 Å². The van der Waals surface area contributed by atoms with Crippen molar-refractivity contribution < 1.29 is 9.53 Å². The first-order valence-electron chi connectivity index (χ1n) is 8.21. The molecule has 1 aromatic heterocycles. The Kier molecular flexibility index (Phi) is 5.58. The maximum Gasteiger partial charge on any atom is 0.224 e. The van der Waals surface area contributed by atoms with Crippen LogP contribution in [-0.4, -0.2) is 10.9 Å². The van der Waals surface area contributed by atoms with Crippen molar-refractivity contribution in [3.05, 3.63) is 84.2 Å². The summed E-state index contributed by atoms with van der Waals surface area (Å²) in [4.78, 5) is 16.2. The molecule has 1 heterocycles. The van der Waals surface area contributed by atoms with E-state index in [0.717, 1.165) is 5.69 Å². The van der Waals surface area contributed by atoms with Crippen LogP contribution in [0.15, 0.2) is 72.9 Å². The van der Waals surface area contributed by atoms with Gasteiger partial charge >= 0.3 is 0 Å². The lowest BCUT2D eigenvalue weighted by Gasteiger charge is -2.08. The molecule has 0 bridgehead atoms. The number of rotatable bonds is 6. The number of aryl methyl sites for hydroxylation is 1. The summed E-state index contributed by atoms with van der Waals surface area (Å²) in [6.07, 6.45) is 2.69. The summed E-state index contributed by atoms with van der Waals surface area (Å²) in [5, 5.41) is 11.8. The number of carbonyl (C=O) groups is 1. The van der Waals surface area contributed by atoms with Gasteiger partial charge in [0, 0.05) is 24.0 Å². The fraction of sp³-hybridized carbons (Fsp3) is 0.0952. The Bertz CT molecular complexity index is 916. The van der Waals surface area contributed by atoms with Gasteiger partial charge in [0.05, 0.1) is 11.6 Å². The first kappa shape index (κ1) is 17.2. The summed E-state index contributed by atoms with van der Waals surface area (Å²) in [6, 6.07) is 21.8. The van der Waals surface area contributed by atoms with E-state index in [9.17, 15) is 4.79 Å². The zero-order valence-electron chi connectivity index (χ0n) is 14.1. The average Bonchev–Trinajstić information content (AvgIpc) is 2.69. The number of nitrogens with zero attached hydrogens (tertiary/aromatic N) is 2. The Labute approximate surface area is 151 Å². The maximum absolute atomic E-state index is 12.0. The third kappa shape index (κ3) is 4.92. The summed E-state index contributed by atoms with van der Waals surface area (Å²) in [5.74, 6) is 1.16. The number of hydrogen-bond donors (Lipinski definition) is 1. The molecule has 1 amide bonds. The van der Waals surface area contributed by atoms with Crippen molar-refractivity contribution in [1.82, 2.24) is 4.98 Å². The number of ether oxygens (including phenoxy) is 1. The molecular weight excluding hydrogens is 326 g/mol. The molecule has 0 radical (unpaired) electrons. The Hall–Kier alpha value is -3.65. The lowest BCUT2D eigenvalue weighted by molar-refractivity contribution is -0.116. The van der Waals surface area contributed by atoms with E-state index in [2.05, 4.69) is 16.4 Å². The summed E-state index contributed by atoms with van der Waals surface area (Å²) in [6.45, 7) is 0. The van der Waals surface area contributed by atoms with Crippen molar-refractivity contribution in [1.29, 1.82) is 5.26 Å². The van der Waals surface area contributed by atoms with Gasteiger partial charge in [-0.15, -0.1) is 0 Å². The minimum atomic E-state index is -0.0638. The van der Waals surface area contributed by atoms with E-state index < -0.39 is 0 Å². The van der Waals surface area contributed by atoms with Gasteiger partial charge in [0.25, 0.3) is 0 Å². The van der Waals surface area contributed by atoms with Gasteiger partial charge in [-0.1, -0.05) is 12.1 Å². The number of benzene rings is 2. The number of carbonyl (C=O) groups excluding carboxylic acids is 1. The van der Waals surface area contributed by atoms with Crippen LogP contribution in [-0.2, 0) is 11.2 Å². The van der Waals surface area contributed by atoms with Crippen LogP contribution in [0.5, 0.6) is 11.5 Å². The van der Waals surface area contributed by atoms with E-state index >= 15 is 0 Å².